The molecule has 1 fully saturated rings. The van der Waals surface area contributed by atoms with Crippen LogP contribution in [0.1, 0.15) is 26.7 Å². The highest BCUT2D eigenvalue weighted by atomic mass is 32.2. The third kappa shape index (κ3) is 4.34. The van der Waals surface area contributed by atoms with Crippen molar-refractivity contribution >= 4 is 11.8 Å². The minimum absolute atomic E-state index is 0.752. The molecule has 0 aromatic rings. The van der Waals surface area contributed by atoms with E-state index >= 15 is 0 Å². The van der Waals surface area contributed by atoms with Gasteiger partial charge in [-0.05, 0) is 26.3 Å². The highest BCUT2D eigenvalue weighted by molar-refractivity contribution is 8.00. The number of hydrogen-bond donors (Lipinski definition) is 1. The van der Waals surface area contributed by atoms with Crippen LogP contribution in [0.15, 0.2) is 0 Å². The molecule has 1 rings (SSSR count). The molecule has 0 bridgehead atoms. The Balaban J connectivity index is 2.03. The lowest BCUT2D eigenvalue weighted by molar-refractivity contribution is 0.144. The second kappa shape index (κ2) is 6.68. The highest BCUT2D eigenvalue weighted by Crippen LogP contribution is 2.28. The van der Waals surface area contributed by atoms with Gasteiger partial charge in [0.15, 0.2) is 0 Å². The molecular formula is C10H21NOS. The summed E-state index contributed by atoms with van der Waals surface area (Å²) < 4.78 is 5.36. The molecule has 0 unspecified atom stereocenters. The Morgan fingerprint density at radius 2 is 2.31 bits per heavy atom. The standard InChI is InChI=1S/C10H21NOS/c1-3-11-9-7-10(13-8-9)5-6-12-4-2/h9-11H,3-8H2,1-2H3/t9-,10+/m1/s1. The zero-order chi connectivity index (χ0) is 9.52. The first-order valence-electron chi connectivity index (χ1n) is 5.29. The summed E-state index contributed by atoms with van der Waals surface area (Å²) in [5.74, 6) is 1.28. The fourth-order valence-electron chi connectivity index (χ4n) is 1.70. The van der Waals surface area contributed by atoms with Crippen LogP contribution < -0.4 is 5.32 Å². The van der Waals surface area contributed by atoms with E-state index in [1.807, 2.05) is 0 Å². The zero-order valence-electron chi connectivity index (χ0n) is 8.71. The maximum Gasteiger partial charge on any atom is 0.0476 e. The van der Waals surface area contributed by atoms with Crippen LogP contribution in [0.25, 0.3) is 0 Å². The van der Waals surface area contributed by atoms with Gasteiger partial charge in [0.1, 0.15) is 0 Å². The summed E-state index contributed by atoms with van der Waals surface area (Å²) in [7, 11) is 0. The van der Waals surface area contributed by atoms with Gasteiger partial charge in [0.05, 0.1) is 0 Å². The smallest absolute Gasteiger partial charge is 0.0476 e. The zero-order valence-corrected chi connectivity index (χ0v) is 9.53. The van der Waals surface area contributed by atoms with Gasteiger partial charge in [0.2, 0.25) is 0 Å². The Morgan fingerprint density at radius 1 is 1.46 bits per heavy atom. The Hall–Kier alpha value is 0.270. The van der Waals surface area contributed by atoms with Crippen molar-refractivity contribution in [3.8, 4) is 0 Å². The minimum atomic E-state index is 0.752. The molecule has 78 valence electrons. The van der Waals surface area contributed by atoms with Gasteiger partial charge in [0, 0.05) is 30.3 Å². The van der Waals surface area contributed by atoms with Gasteiger partial charge in [-0.3, -0.25) is 0 Å². The van der Waals surface area contributed by atoms with Crippen molar-refractivity contribution < 1.29 is 4.74 Å². The number of ether oxygens (including phenoxy) is 1. The molecular weight excluding hydrogens is 182 g/mol. The third-order valence-electron chi connectivity index (χ3n) is 2.36. The first-order chi connectivity index (χ1) is 6.36. The van der Waals surface area contributed by atoms with Crippen LogP contribution in [0.2, 0.25) is 0 Å². The van der Waals surface area contributed by atoms with Crippen molar-refractivity contribution in [2.45, 2.75) is 38.0 Å². The van der Waals surface area contributed by atoms with Gasteiger partial charge in [-0.1, -0.05) is 6.92 Å². The molecule has 3 heteroatoms. The predicted molar refractivity (Wildman–Crippen MR) is 59.4 cm³/mol. The Kier molecular flexibility index (Phi) is 5.83. The lowest BCUT2D eigenvalue weighted by Gasteiger charge is -2.10. The molecule has 1 saturated heterocycles. The van der Waals surface area contributed by atoms with Crippen molar-refractivity contribution in [3.05, 3.63) is 0 Å². The van der Waals surface area contributed by atoms with Crippen molar-refractivity contribution in [2.75, 3.05) is 25.5 Å². The Labute approximate surface area is 85.8 Å². The van der Waals surface area contributed by atoms with Gasteiger partial charge in [0.25, 0.3) is 0 Å². The number of rotatable bonds is 6. The molecule has 0 aromatic carbocycles. The van der Waals surface area contributed by atoms with Gasteiger partial charge >= 0.3 is 0 Å². The average Bonchev–Trinajstić information content (AvgIpc) is 2.54. The van der Waals surface area contributed by atoms with Crippen molar-refractivity contribution in [2.24, 2.45) is 0 Å². The van der Waals surface area contributed by atoms with Crippen LogP contribution in [-0.4, -0.2) is 36.8 Å². The molecule has 2 atom stereocenters. The normalized spacial score (nSPS) is 28.2. The highest BCUT2D eigenvalue weighted by Gasteiger charge is 2.23. The van der Waals surface area contributed by atoms with Gasteiger partial charge in [-0.25, -0.2) is 0 Å². The van der Waals surface area contributed by atoms with E-state index < -0.39 is 0 Å². The van der Waals surface area contributed by atoms with E-state index in [0.29, 0.717) is 0 Å². The number of nitrogens with one attached hydrogen (secondary N) is 1. The van der Waals surface area contributed by atoms with E-state index in [1.54, 1.807) is 0 Å². The van der Waals surface area contributed by atoms with Gasteiger partial charge < -0.3 is 10.1 Å². The van der Waals surface area contributed by atoms with E-state index in [4.69, 9.17) is 4.74 Å². The van der Waals surface area contributed by atoms with E-state index in [1.165, 1.54) is 18.6 Å². The monoisotopic (exact) mass is 203 g/mol. The summed E-state index contributed by atoms with van der Waals surface area (Å²) in [4.78, 5) is 0. The Morgan fingerprint density at radius 3 is 3.00 bits per heavy atom. The third-order valence-corrected chi connectivity index (χ3v) is 3.86. The van der Waals surface area contributed by atoms with E-state index in [0.717, 1.165) is 31.1 Å². The summed E-state index contributed by atoms with van der Waals surface area (Å²) in [6.45, 7) is 7.13. The van der Waals surface area contributed by atoms with Crippen molar-refractivity contribution in [1.29, 1.82) is 0 Å². The summed E-state index contributed by atoms with van der Waals surface area (Å²) >= 11 is 2.10. The van der Waals surface area contributed by atoms with Crippen LogP contribution >= 0.6 is 11.8 Å². The number of thioether (sulfide) groups is 1. The second-order valence-corrected chi connectivity index (χ2v) is 4.76. The number of hydrogen-bond acceptors (Lipinski definition) is 3. The topological polar surface area (TPSA) is 21.3 Å². The quantitative estimate of drug-likeness (QED) is 0.666. The van der Waals surface area contributed by atoms with Crippen molar-refractivity contribution in [1.82, 2.24) is 5.32 Å². The van der Waals surface area contributed by atoms with Crippen LogP contribution in [0, 0.1) is 0 Å². The van der Waals surface area contributed by atoms with Gasteiger partial charge in [-0.15, -0.1) is 0 Å². The van der Waals surface area contributed by atoms with Crippen molar-refractivity contribution in [3.63, 3.8) is 0 Å². The molecule has 2 nitrogen and oxygen atoms in total. The molecule has 1 N–H and O–H groups in total. The van der Waals surface area contributed by atoms with Crippen LogP contribution in [-0.2, 0) is 4.74 Å². The molecule has 13 heavy (non-hydrogen) atoms. The van der Waals surface area contributed by atoms with E-state index in [9.17, 15) is 0 Å². The minimum Gasteiger partial charge on any atom is -0.382 e. The van der Waals surface area contributed by atoms with Crippen LogP contribution in [0.3, 0.4) is 0 Å². The molecule has 1 aliphatic heterocycles. The maximum atomic E-state index is 5.36. The molecule has 1 aliphatic rings. The van der Waals surface area contributed by atoms with Crippen LogP contribution in [0.4, 0.5) is 0 Å². The van der Waals surface area contributed by atoms with Gasteiger partial charge in [-0.2, -0.15) is 11.8 Å². The molecule has 0 aliphatic carbocycles. The van der Waals surface area contributed by atoms with E-state index in [-0.39, 0.29) is 0 Å². The lowest BCUT2D eigenvalue weighted by Crippen LogP contribution is -2.28. The van der Waals surface area contributed by atoms with Crippen LogP contribution in [0.5, 0.6) is 0 Å². The molecule has 0 spiro atoms. The molecule has 0 amide bonds. The SMILES string of the molecule is CCN[C@H]1CS[C@@H](CCOCC)C1. The molecule has 0 radical (unpaired) electrons. The Bertz CT molecular complexity index is 132. The fraction of sp³-hybridized carbons (Fsp3) is 1.00. The molecule has 0 saturated carbocycles. The fourth-order valence-corrected chi connectivity index (χ4v) is 3.09. The summed E-state index contributed by atoms with van der Waals surface area (Å²) in [5.41, 5.74) is 0. The first-order valence-corrected chi connectivity index (χ1v) is 6.34. The first kappa shape index (κ1) is 11.3. The summed E-state index contributed by atoms with van der Waals surface area (Å²) in [6.07, 6.45) is 2.55. The van der Waals surface area contributed by atoms with E-state index in [2.05, 4.69) is 30.9 Å². The second-order valence-electron chi connectivity index (χ2n) is 3.43. The summed E-state index contributed by atoms with van der Waals surface area (Å²) in [5, 5.41) is 4.33. The molecule has 1 heterocycles. The maximum absolute atomic E-state index is 5.36. The predicted octanol–water partition coefficient (Wildman–Crippen LogP) is 1.90. The largest absolute Gasteiger partial charge is 0.382 e. The molecule has 0 aromatic heterocycles. The average molecular weight is 203 g/mol. The summed E-state index contributed by atoms with van der Waals surface area (Å²) in [6, 6.07) is 0.752. The lowest BCUT2D eigenvalue weighted by atomic mass is 10.1.